The molecule has 0 atom stereocenters. The topological polar surface area (TPSA) is 99.7 Å². The number of carboxylic acids is 1. The number of hydrogen-bond donors (Lipinski definition) is 3. The summed E-state index contributed by atoms with van der Waals surface area (Å²) in [6.07, 6.45) is 1.10. The number of para-hydroxylation sites is 1. The van der Waals surface area contributed by atoms with E-state index in [-0.39, 0.29) is 16.8 Å². The molecule has 1 aromatic carbocycles. The molecule has 1 heterocycles. The average molecular weight is 321 g/mol. The van der Waals surface area contributed by atoms with Gasteiger partial charge >= 0.3 is 0 Å². The van der Waals surface area contributed by atoms with E-state index in [4.69, 9.17) is 18.0 Å². The maximum Gasteiger partial charge on any atom is 0.279 e. The third kappa shape index (κ3) is 4.25. The van der Waals surface area contributed by atoms with Crippen LogP contribution in [-0.2, 0) is 9.59 Å². The molecule has 0 bridgehead atoms. The standard InChI is InChI=1S/C15H19N3O3S/c16-14(22)11-3-1-2-4-12(11)17-13(19)9-18-7-5-10(6-8-18)15(20)21/h1-4,10H,5-9H2,(H2,16,22)(H,17,19)(H,20,21). The molecule has 0 aliphatic carbocycles. The molecule has 0 spiro atoms. The number of thiocarbonyl (C=S) groups is 1. The first-order valence-electron chi connectivity index (χ1n) is 7.20. The Labute approximate surface area is 134 Å². The first kappa shape index (κ1) is 16.4. The number of carbonyl (C=O) groups excluding carboxylic acids is 2. The highest BCUT2D eigenvalue weighted by Gasteiger charge is 2.24. The normalized spacial score (nSPS) is 21.1. The van der Waals surface area contributed by atoms with Crippen molar-refractivity contribution in [1.82, 2.24) is 0 Å². The van der Waals surface area contributed by atoms with Gasteiger partial charge in [0.25, 0.3) is 5.91 Å². The van der Waals surface area contributed by atoms with Crippen LogP contribution in [0.15, 0.2) is 24.3 Å². The zero-order chi connectivity index (χ0) is 16.1. The molecule has 1 fully saturated rings. The minimum Gasteiger partial charge on any atom is -0.550 e. The van der Waals surface area contributed by atoms with Crippen LogP contribution in [0.25, 0.3) is 0 Å². The van der Waals surface area contributed by atoms with E-state index in [1.165, 1.54) is 0 Å². The van der Waals surface area contributed by atoms with Crippen LogP contribution in [0.5, 0.6) is 0 Å². The third-order valence-corrected chi connectivity index (χ3v) is 4.12. The number of nitrogens with two attached hydrogens (primary N) is 1. The van der Waals surface area contributed by atoms with Gasteiger partial charge in [0.15, 0.2) is 6.54 Å². The molecule has 7 heteroatoms. The summed E-state index contributed by atoms with van der Waals surface area (Å²) in [5.41, 5.74) is 6.87. The molecule has 4 N–H and O–H groups in total. The van der Waals surface area contributed by atoms with Crippen LogP contribution >= 0.6 is 12.2 Å². The molecule has 0 saturated carbocycles. The second kappa shape index (κ2) is 7.33. The van der Waals surface area contributed by atoms with Crippen LogP contribution in [0.1, 0.15) is 18.4 Å². The van der Waals surface area contributed by atoms with Crippen molar-refractivity contribution < 1.29 is 19.6 Å². The second-order valence-corrected chi connectivity index (χ2v) is 5.92. The summed E-state index contributed by atoms with van der Waals surface area (Å²) in [4.78, 5) is 24.2. The highest BCUT2D eigenvalue weighted by Crippen LogP contribution is 2.14. The van der Waals surface area contributed by atoms with Gasteiger partial charge in [-0.25, -0.2) is 0 Å². The molecular weight excluding hydrogens is 302 g/mol. The predicted octanol–water partition coefficient (Wildman–Crippen LogP) is -1.70. The average Bonchev–Trinajstić information content (AvgIpc) is 2.48. The smallest absolute Gasteiger partial charge is 0.279 e. The second-order valence-electron chi connectivity index (χ2n) is 5.48. The summed E-state index contributed by atoms with van der Waals surface area (Å²) >= 11 is 4.96. The number of aliphatic carboxylic acids is 1. The molecule has 1 saturated heterocycles. The summed E-state index contributed by atoms with van der Waals surface area (Å²) < 4.78 is 0. The van der Waals surface area contributed by atoms with E-state index >= 15 is 0 Å². The number of amides is 1. The lowest BCUT2D eigenvalue weighted by Crippen LogP contribution is -3.14. The largest absolute Gasteiger partial charge is 0.550 e. The highest BCUT2D eigenvalue weighted by molar-refractivity contribution is 7.80. The number of quaternary nitrogens is 1. The molecule has 6 nitrogen and oxygen atoms in total. The number of benzene rings is 1. The van der Waals surface area contributed by atoms with E-state index in [0.717, 1.165) is 4.90 Å². The maximum absolute atomic E-state index is 12.1. The van der Waals surface area contributed by atoms with Crippen molar-refractivity contribution >= 4 is 34.8 Å². The molecule has 0 aromatic heterocycles. The van der Waals surface area contributed by atoms with E-state index in [2.05, 4.69) is 5.32 Å². The Hall–Kier alpha value is -1.99. The Morgan fingerprint density at radius 2 is 1.95 bits per heavy atom. The molecule has 118 valence electrons. The van der Waals surface area contributed by atoms with Gasteiger partial charge in [-0.1, -0.05) is 24.4 Å². The van der Waals surface area contributed by atoms with Gasteiger partial charge in [-0.05, 0) is 12.1 Å². The van der Waals surface area contributed by atoms with Gasteiger partial charge in [-0.15, -0.1) is 0 Å². The number of carboxylic acid groups (broad SMARTS) is 1. The summed E-state index contributed by atoms with van der Waals surface area (Å²) in [6, 6.07) is 7.12. The summed E-state index contributed by atoms with van der Waals surface area (Å²) in [5.74, 6) is -1.51. The van der Waals surface area contributed by atoms with E-state index in [0.29, 0.717) is 43.7 Å². The van der Waals surface area contributed by atoms with Crippen molar-refractivity contribution in [2.45, 2.75) is 12.8 Å². The monoisotopic (exact) mass is 321 g/mol. The van der Waals surface area contributed by atoms with E-state index in [1.807, 2.05) is 0 Å². The van der Waals surface area contributed by atoms with Crippen molar-refractivity contribution in [3.8, 4) is 0 Å². The lowest BCUT2D eigenvalue weighted by Gasteiger charge is -2.29. The number of piperidine rings is 1. The number of nitrogens with one attached hydrogen (secondary N) is 2. The molecule has 0 unspecified atom stereocenters. The van der Waals surface area contributed by atoms with Gasteiger partial charge in [-0.3, -0.25) is 4.79 Å². The van der Waals surface area contributed by atoms with Crippen LogP contribution in [0.4, 0.5) is 5.69 Å². The lowest BCUT2D eigenvalue weighted by molar-refractivity contribution is -0.897. The molecular formula is C15H19N3O3S. The highest BCUT2D eigenvalue weighted by atomic mass is 32.1. The quantitative estimate of drug-likeness (QED) is 0.562. The number of rotatable bonds is 5. The Morgan fingerprint density at radius 3 is 2.55 bits per heavy atom. The molecule has 1 aliphatic heterocycles. The Bertz CT molecular complexity index is 583. The molecule has 1 aromatic rings. The summed E-state index contributed by atoms with van der Waals surface area (Å²) in [6.45, 7) is 1.61. The fraction of sp³-hybridized carbons (Fsp3) is 0.400. The Morgan fingerprint density at radius 1 is 1.32 bits per heavy atom. The van der Waals surface area contributed by atoms with Crippen LogP contribution in [0, 0.1) is 5.92 Å². The molecule has 1 amide bonds. The van der Waals surface area contributed by atoms with Crippen LogP contribution in [-0.4, -0.2) is 36.5 Å². The third-order valence-electron chi connectivity index (χ3n) is 3.90. The first-order chi connectivity index (χ1) is 10.5. The van der Waals surface area contributed by atoms with Crippen LogP contribution < -0.4 is 21.1 Å². The molecule has 1 aliphatic rings. The van der Waals surface area contributed by atoms with Gasteiger partial charge in [0.2, 0.25) is 0 Å². The maximum atomic E-state index is 12.1. The number of anilines is 1. The Kier molecular flexibility index (Phi) is 5.46. The lowest BCUT2D eigenvalue weighted by atomic mass is 9.97. The number of carbonyl (C=O) groups is 2. The van der Waals surface area contributed by atoms with Crippen molar-refractivity contribution in [2.24, 2.45) is 11.7 Å². The van der Waals surface area contributed by atoms with Gasteiger partial charge in [0.05, 0.1) is 18.8 Å². The fourth-order valence-electron chi connectivity index (χ4n) is 2.67. The SMILES string of the molecule is NC(=S)c1ccccc1NC(=O)C[NH+]1CCC(C(=O)[O-])CC1. The van der Waals surface area contributed by atoms with Crippen LogP contribution in [0.3, 0.4) is 0 Å². The van der Waals surface area contributed by atoms with Crippen molar-refractivity contribution in [2.75, 3.05) is 25.0 Å². The van der Waals surface area contributed by atoms with Gasteiger partial charge in [0.1, 0.15) is 4.99 Å². The summed E-state index contributed by atoms with van der Waals surface area (Å²) in [5, 5.41) is 13.6. The summed E-state index contributed by atoms with van der Waals surface area (Å²) in [7, 11) is 0. The number of likely N-dealkylation sites (tertiary alicyclic amines) is 1. The first-order valence-corrected chi connectivity index (χ1v) is 7.61. The van der Waals surface area contributed by atoms with E-state index in [1.54, 1.807) is 24.3 Å². The zero-order valence-electron chi connectivity index (χ0n) is 12.1. The van der Waals surface area contributed by atoms with Gasteiger partial charge < -0.3 is 25.9 Å². The van der Waals surface area contributed by atoms with Crippen molar-refractivity contribution in [3.05, 3.63) is 29.8 Å². The minimum absolute atomic E-state index is 0.134. The predicted molar refractivity (Wildman–Crippen MR) is 84.3 cm³/mol. The van der Waals surface area contributed by atoms with Gasteiger partial charge in [0, 0.05) is 30.3 Å². The molecule has 2 rings (SSSR count). The van der Waals surface area contributed by atoms with E-state index in [9.17, 15) is 14.7 Å². The zero-order valence-corrected chi connectivity index (χ0v) is 12.9. The fourth-order valence-corrected chi connectivity index (χ4v) is 2.84. The van der Waals surface area contributed by atoms with Gasteiger partial charge in [-0.2, -0.15) is 0 Å². The molecule has 22 heavy (non-hydrogen) atoms. The minimum atomic E-state index is -0.992. The van der Waals surface area contributed by atoms with Crippen LogP contribution in [0.2, 0.25) is 0 Å². The Balaban J connectivity index is 1.89. The van der Waals surface area contributed by atoms with Crippen molar-refractivity contribution in [3.63, 3.8) is 0 Å². The molecule has 0 radical (unpaired) electrons. The van der Waals surface area contributed by atoms with E-state index < -0.39 is 5.97 Å². The van der Waals surface area contributed by atoms with Crippen molar-refractivity contribution in [1.29, 1.82) is 0 Å². The number of hydrogen-bond acceptors (Lipinski definition) is 4.